The van der Waals surface area contributed by atoms with Gasteiger partial charge in [-0.25, -0.2) is 0 Å². The zero-order valence-corrected chi connectivity index (χ0v) is 16.2. The zero-order valence-electron chi connectivity index (χ0n) is 16.2. The number of aliphatic hydroxyl groups is 6. The van der Waals surface area contributed by atoms with Crippen LogP contribution in [0.2, 0.25) is 0 Å². The highest BCUT2D eigenvalue weighted by atomic mass is 16.7. The minimum Gasteiger partial charge on any atom is -0.394 e. The van der Waals surface area contributed by atoms with Crippen molar-refractivity contribution in [1.82, 2.24) is 0 Å². The molecule has 1 aliphatic carbocycles. The molecule has 0 saturated carbocycles. The Kier molecular flexibility index (Phi) is 7.17. The summed E-state index contributed by atoms with van der Waals surface area (Å²) in [7, 11) is 0. The van der Waals surface area contributed by atoms with E-state index in [4.69, 9.17) is 9.47 Å². The summed E-state index contributed by atoms with van der Waals surface area (Å²) < 4.78 is 10.9. The zero-order chi connectivity index (χ0) is 21.3. The molecule has 1 fully saturated rings. The maximum absolute atomic E-state index is 12.1. The van der Waals surface area contributed by atoms with Crippen LogP contribution in [-0.4, -0.2) is 92.0 Å². The molecule has 160 valence electrons. The molecule has 0 spiro atoms. The molecule has 0 aromatic carbocycles. The Bertz CT molecular complexity index is 629. The fourth-order valence-electron chi connectivity index (χ4n) is 3.64. The molecule has 0 unspecified atom stereocenters. The van der Waals surface area contributed by atoms with Crippen LogP contribution >= 0.6 is 0 Å². The molecule has 9 heteroatoms. The molecular formula is C19H30O9. The average molecular weight is 402 g/mol. The predicted octanol–water partition coefficient (Wildman–Crippen LogP) is -1.60. The summed E-state index contributed by atoms with van der Waals surface area (Å²) in [6.45, 7) is 3.90. The van der Waals surface area contributed by atoms with E-state index in [0.29, 0.717) is 5.57 Å². The van der Waals surface area contributed by atoms with Gasteiger partial charge in [-0.05, 0) is 31.6 Å². The van der Waals surface area contributed by atoms with Crippen molar-refractivity contribution in [3.05, 3.63) is 23.8 Å². The van der Waals surface area contributed by atoms with Crippen molar-refractivity contribution in [2.24, 2.45) is 5.41 Å². The first-order valence-electron chi connectivity index (χ1n) is 9.18. The Hall–Kier alpha value is -1.17. The predicted molar refractivity (Wildman–Crippen MR) is 97.0 cm³/mol. The van der Waals surface area contributed by atoms with Gasteiger partial charge in [0.15, 0.2) is 12.1 Å². The minimum absolute atomic E-state index is 0.0671. The van der Waals surface area contributed by atoms with Crippen molar-refractivity contribution in [3.63, 3.8) is 0 Å². The first-order valence-corrected chi connectivity index (χ1v) is 9.18. The van der Waals surface area contributed by atoms with Gasteiger partial charge in [-0.1, -0.05) is 13.0 Å². The lowest BCUT2D eigenvalue weighted by molar-refractivity contribution is -0.308. The molecule has 0 aromatic heterocycles. The summed E-state index contributed by atoms with van der Waals surface area (Å²) in [6.07, 6.45) is -3.92. The average Bonchev–Trinajstić information content (AvgIpc) is 2.62. The molecule has 2 rings (SSSR count). The molecule has 0 aromatic rings. The maximum Gasteiger partial charge on any atom is 0.186 e. The smallest absolute Gasteiger partial charge is 0.186 e. The lowest BCUT2D eigenvalue weighted by Gasteiger charge is -2.47. The summed E-state index contributed by atoms with van der Waals surface area (Å²) >= 11 is 0. The van der Waals surface area contributed by atoms with Gasteiger partial charge >= 0.3 is 0 Å². The molecule has 6 N–H and O–H groups in total. The Morgan fingerprint density at radius 1 is 1.32 bits per heavy atom. The van der Waals surface area contributed by atoms with Gasteiger partial charge in [-0.3, -0.25) is 4.79 Å². The monoisotopic (exact) mass is 402 g/mol. The van der Waals surface area contributed by atoms with E-state index in [-0.39, 0.29) is 18.8 Å². The standard InChI is InChI=1S/C19H30O9/c1-10-6-12(22)7-18(3,19(10,26)5-4-11(2)21)9-27-17-16(25)15(24)14(23)13(8-20)28-17/h4-6,11,13-17,20-21,23-26H,7-9H2,1-3H3/b5-4+/t11-,13-,14-,15+,16-,17-,18+,19+/m1/s1. The van der Waals surface area contributed by atoms with Crippen molar-refractivity contribution >= 4 is 5.78 Å². The molecule has 1 heterocycles. The number of carbonyl (C=O) groups excluding carboxylic acids is 1. The Morgan fingerprint density at radius 2 is 1.96 bits per heavy atom. The van der Waals surface area contributed by atoms with Crippen molar-refractivity contribution in [1.29, 1.82) is 0 Å². The van der Waals surface area contributed by atoms with Crippen LogP contribution in [0.3, 0.4) is 0 Å². The molecule has 1 saturated heterocycles. The van der Waals surface area contributed by atoms with E-state index < -0.39 is 54.4 Å². The minimum atomic E-state index is -1.61. The van der Waals surface area contributed by atoms with Crippen LogP contribution in [0.4, 0.5) is 0 Å². The number of aliphatic hydroxyl groups excluding tert-OH is 5. The summed E-state index contributed by atoms with van der Waals surface area (Å²) in [6, 6.07) is 0. The van der Waals surface area contributed by atoms with Gasteiger partial charge in [0, 0.05) is 11.8 Å². The topological polar surface area (TPSA) is 157 Å². The summed E-state index contributed by atoms with van der Waals surface area (Å²) in [5, 5.41) is 59.9. The second-order valence-corrected chi connectivity index (χ2v) is 7.91. The number of allylic oxidation sites excluding steroid dienone is 1. The Balaban J connectivity index is 2.24. The molecule has 28 heavy (non-hydrogen) atoms. The lowest BCUT2D eigenvalue weighted by atomic mass is 9.63. The van der Waals surface area contributed by atoms with Gasteiger partial charge in [0.2, 0.25) is 0 Å². The first-order chi connectivity index (χ1) is 12.9. The van der Waals surface area contributed by atoms with Crippen LogP contribution < -0.4 is 0 Å². The van der Waals surface area contributed by atoms with E-state index in [2.05, 4.69) is 0 Å². The third-order valence-corrected chi connectivity index (χ3v) is 5.49. The van der Waals surface area contributed by atoms with Crippen LogP contribution in [0.1, 0.15) is 27.2 Å². The van der Waals surface area contributed by atoms with Crippen LogP contribution in [0.25, 0.3) is 0 Å². The van der Waals surface area contributed by atoms with Gasteiger partial charge in [0.1, 0.15) is 30.0 Å². The van der Waals surface area contributed by atoms with E-state index in [9.17, 15) is 35.4 Å². The molecule has 0 radical (unpaired) electrons. The molecule has 2 aliphatic rings. The Morgan fingerprint density at radius 3 is 2.54 bits per heavy atom. The lowest BCUT2D eigenvalue weighted by Crippen LogP contribution is -2.60. The van der Waals surface area contributed by atoms with Crippen LogP contribution in [-0.2, 0) is 14.3 Å². The van der Waals surface area contributed by atoms with E-state index in [1.54, 1.807) is 13.8 Å². The van der Waals surface area contributed by atoms with Crippen molar-refractivity contribution in [2.45, 2.75) is 69.6 Å². The number of hydrogen-bond acceptors (Lipinski definition) is 9. The van der Waals surface area contributed by atoms with Gasteiger partial charge in [-0.15, -0.1) is 0 Å². The second-order valence-electron chi connectivity index (χ2n) is 7.91. The van der Waals surface area contributed by atoms with E-state index in [0.717, 1.165) is 0 Å². The SMILES string of the molecule is CC1=CC(=O)C[C@@](C)(CO[C@@H]2O[C@H](CO)[C@@H](O)[C@H](O)[C@H]2O)[C@]1(O)/C=C/[C@@H](C)O. The number of hydrogen-bond donors (Lipinski definition) is 6. The number of carbonyl (C=O) groups is 1. The molecule has 0 bridgehead atoms. The fraction of sp³-hybridized carbons (Fsp3) is 0.737. The largest absolute Gasteiger partial charge is 0.394 e. The molecule has 1 aliphatic heterocycles. The fourth-order valence-corrected chi connectivity index (χ4v) is 3.64. The van der Waals surface area contributed by atoms with Gasteiger partial charge < -0.3 is 40.1 Å². The number of ketones is 1. The summed E-state index contributed by atoms with van der Waals surface area (Å²) in [5.74, 6) is -0.215. The highest BCUT2D eigenvalue weighted by Gasteiger charge is 2.52. The Labute approximate surface area is 163 Å². The van der Waals surface area contributed by atoms with Crippen LogP contribution in [0, 0.1) is 5.41 Å². The highest BCUT2D eigenvalue weighted by Crippen LogP contribution is 2.45. The molecular weight excluding hydrogens is 372 g/mol. The maximum atomic E-state index is 12.1. The molecule has 9 nitrogen and oxygen atoms in total. The third kappa shape index (κ3) is 4.37. The summed E-state index contributed by atoms with van der Waals surface area (Å²) in [5.41, 5.74) is -2.39. The number of rotatable bonds is 6. The molecule has 0 amide bonds. The van der Waals surface area contributed by atoms with Crippen LogP contribution in [0.15, 0.2) is 23.8 Å². The van der Waals surface area contributed by atoms with Crippen molar-refractivity contribution < 1.29 is 44.9 Å². The first kappa shape index (κ1) is 23.1. The van der Waals surface area contributed by atoms with E-state index in [1.807, 2.05) is 0 Å². The van der Waals surface area contributed by atoms with Crippen LogP contribution in [0.5, 0.6) is 0 Å². The third-order valence-electron chi connectivity index (χ3n) is 5.49. The normalized spacial score (nSPS) is 43.2. The quantitative estimate of drug-likeness (QED) is 0.288. The van der Waals surface area contributed by atoms with E-state index >= 15 is 0 Å². The van der Waals surface area contributed by atoms with Crippen molar-refractivity contribution in [2.75, 3.05) is 13.2 Å². The number of ether oxygens (including phenoxy) is 2. The van der Waals surface area contributed by atoms with Gasteiger partial charge in [-0.2, -0.15) is 0 Å². The second kappa shape index (κ2) is 8.68. The van der Waals surface area contributed by atoms with Gasteiger partial charge in [0.25, 0.3) is 0 Å². The highest BCUT2D eigenvalue weighted by molar-refractivity contribution is 5.92. The van der Waals surface area contributed by atoms with E-state index in [1.165, 1.54) is 25.2 Å². The van der Waals surface area contributed by atoms with Crippen molar-refractivity contribution in [3.8, 4) is 0 Å². The van der Waals surface area contributed by atoms with Gasteiger partial charge in [0.05, 0.1) is 19.3 Å². The molecule has 8 atom stereocenters. The summed E-state index contributed by atoms with van der Waals surface area (Å²) in [4.78, 5) is 12.1.